The number of nitrogens with zero attached hydrogens (tertiary/aromatic N) is 3. The second-order valence-corrected chi connectivity index (χ2v) is 3.74. The van der Waals surface area contributed by atoms with Crippen molar-refractivity contribution >= 4 is 17.4 Å². The maximum Gasteiger partial charge on any atom is 0.270 e. The van der Waals surface area contributed by atoms with E-state index in [2.05, 4.69) is 20.0 Å². The quantitative estimate of drug-likeness (QED) is 0.736. The molecule has 0 saturated heterocycles. The Morgan fingerprint density at radius 1 is 1.32 bits per heavy atom. The molecule has 7 nitrogen and oxygen atoms in total. The van der Waals surface area contributed by atoms with E-state index in [1.54, 1.807) is 24.4 Å². The van der Waals surface area contributed by atoms with Gasteiger partial charge >= 0.3 is 0 Å². The molecule has 3 aromatic rings. The SMILES string of the molecule is O=C(Nc1ccon1)c1cnc2ccccn2c1=O. The van der Waals surface area contributed by atoms with Crippen LogP contribution in [0.5, 0.6) is 0 Å². The number of pyridine rings is 1. The monoisotopic (exact) mass is 256 g/mol. The van der Waals surface area contributed by atoms with E-state index in [1.807, 2.05) is 0 Å². The Morgan fingerprint density at radius 2 is 2.21 bits per heavy atom. The average Bonchev–Trinajstić information content (AvgIpc) is 2.92. The maximum atomic E-state index is 12.1. The van der Waals surface area contributed by atoms with Crippen molar-refractivity contribution in [3.8, 4) is 0 Å². The molecule has 0 radical (unpaired) electrons. The standard InChI is InChI=1S/C12H8N4O3/c17-11(14-9-4-6-19-15-9)8-7-13-10-3-1-2-5-16(10)12(8)18/h1-7H,(H,14,15,17). The first-order valence-electron chi connectivity index (χ1n) is 5.44. The summed E-state index contributed by atoms with van der Waals surface area (Å²) in [6.45, 7) is 0. The molecule has 7 heteroatoms. The van der Waals surface area contributed by atoms with Crippen LogP contribution in [0.3, 0.4) is 0 Å². The van der Waals surface area contributed by atoms with Gasteiger partial charge in [0, 0.05) is 18.5 Å². The van der Waals surface area contributed by atoms with E-state index in [0.717, 1.165) is 0 Å². The lowest BCUT2D eigenvalue weighted by Crippen LogP contribution is -2.26. The molecule has 3 rings (SSSR count). The molecule has 0 aliphatic rings. The summed E-state index contributed by atoms with van der Waals surface area (Å²) < 4.78 is 5.89. The van der Waals surface area contributed by atoms with E-state index in [0.29, 0.717) is 5.65 Å². The van der Waals surface area contributed by atoms with Crippen LogP contribution >= 0.6 is 0 Å². The summed E-state index contributed by atoms with van der Waals surface area (Å²) in [5.74, 6) is -0.341. The van der Waals surface area contributed by atoms with E-state index in [-0.39, 0.29) is 11.4 Å². The molecule has 0 aliphatic carbocycles. The van der Waals surface area contributed by atoms with Crippen LogP contribution in [0.1, 0.15) is 10.4 Å². The van der Waals surface area contributed by atoms with Gasteiger partial charge in [-0.25, -0.2) is 4.98 Å². The first-order valence-corrected chi connectivity index (χ1v) is 5.44. The molecule has 1 amide bonds. The molecule has 0 saturated carbocycles. The number of fused-ring (bicyclic) bond motifs is 1. The highest BCUT2D eigenvalue weighted by Crippen LogP contribution is 2.04. The van der Waals surface area contributed by atoms with Crippen molar-refractivity contribution in [3.05, 3.63) is 58.8 Å². The zero-order valence-corrected chi connectivity index (χ0v) is 9.61. The van der Waals surface area contributed by atoms with E-state index in [9.17, 15) is 9.59 Å². The Bertz CT molecular complexity index is 792. The topological polar surface area (TPSA) is 89.5 Å². The third kappa shape index (κ3) is 1.97. The lowest BCUT2D eigenvalue weighted by molar-refractivity contribution is 0.102. The van der Waals surface area contributed by atoms with Gasteiger partial charge in [-0.1, -0.05) is 11.2 Å². The summed E-state index contributed by atoms with van der Waals surface area (Å²) >= 11 is 0. The third-order valence-electron chi connectivity index (χ3n) is 2.54. The summed E-state index contributed by atoms with van der Waals surface area (Å²) in [4.78, 5) is 28.1. The van der Waals surface area contributed by atoms with Crippen molar-refractivity contribution < 1.29 is 9.32 Å². The van der Waals surface area contributed by atoms with Gasteiger partial charge in [-0.3, -0.25) is 14.0 Å². The fraction of sp³-hybridized carbons (Fsp3) is 0. The molecular weight excluding hydrogens is 248 g/mol. The molecule has 3 aromatic heterocycles. The van der Waals surface area contributed by atoms with Crippen molar-refractivity contribution in [1.29, 1.82) is 0 Å². The lowest BCUT2D eigenvalue weighted by Gasteiger charge is -2.03. The lowest BCUT2D eigenvalue weighted by atomic mass is 10.3. The Labute approximate surface area is 106 Å². The molecule has 0 fully saturated rings. The third-order valence-corrected chi connectivity index (χ3v) is 2.54. The smallest absolute Gasteiger partial charge is 0.270 e. The van der Waals surface area contributed by atoms with Crippen molar-refractivity contribution in [1.82, 2.24) is 14.5 Å². The fourth-order valence-corrected chi connectivity index (χ4v) is 1.64. The fourth-order valence-electron chi connectivity index (χ4n) is 1.64. The van der Waals surface area contributed by atoms with E-state index in [1.165, 1.54) is 22.9 Å². The summed E-state index contributed by atoms with van der Waals surface area (Å²) in [6, 6.07) is 6.61. The predicted molar refractivity (Wildman–Crippen MR) is 65.9 cm³/mol. The number of anilines is 1. The molecule has 0 unspecified atom stereocenters. The van der Waals surface area contributed by atoms with Crippen LogP contribution in [0.4, 0.5) is 5.82 Å². The van der Waals surface area contributed by atoms with Crippen LogP contribution in [-0.2, 0) is 0 Å². The van der Waals surface area contributed by atoms with Gasteiger partial charge in [-0.2, -0.15) is 0 Å². The molecule has 0 spiro atoms. The van der Waals surface area contributed by atoms with Crippen LogP contribution < -0.4 is 10.9 Å². The molecule has 1 N–H and O–H groups in total. The van der Waals surface area contributed by atoms with Gasteiger partial charge in [0.15, 0.2) is 5.82 Å². The average molecular weight is 256 g/mol. The number of nitrogens with one attached hydrogen (secondary N) is 1. The molecule has 0 aliphatic heterocycles. The summed E-state index contributed by atoms with van der Waals surface area (Å²) in [7, 11) is 0. The second kappa shape index (κ2) is 4.37. The number of hydrogen-bond donors (Lipinski definition) is 1. The van der Waals surface area contributed by atoms with Gasteiger partial charge in [0.1, 0.15) is 17.5 Å². The van der Waals surface area contributed by atoms with Gasteiger partial charge in [0.05, 0.1) is 0 Å². The maximum absolute atomic E-state index is 12.1. The molecule has 19 heavy (non-hydrogen) atoms. The summed E-state index contributed by atoms with van der Waals surface area (Å²) in [6.07, 6.45) is 4.12. The molecule has 0 bridgehead atoms. The van der Waals surface area contributed by atoms with Crippen LogP contribution in [0.25, 0.3) is 5.65 Å². The van der Waals surface area contributed by atoms with Gasteiger partial charge < -0.3 is 9.84 Å². The van der Waals surface area contributed by atoms with Crippen LogP contribution in [0, 0.1) is 0 Å². The number of aromatic nitrogens is 3. The Hall–Kier alpha value is -2.96. The highest BCUT2D eigenvalue weighted by Gasteiger charge is 2.14. The number of rotatable bonds is 2. The number of carbonyl (C=O) groups is 1. The minimum atomic E-state index is -0.579. The zero-order chi connectivity index (χ0) is 13.2. The molecule has 0 aromatic carbocycles. The second-order valence-electron chi connectivity index (χ2n) is 3.74. The first kappa shape index (κ1) is 11.1. The van der Waals surface area contributed by atoms with Crippen LogP contribution in [-0.4, -0.2) is 20.4 Å². The zero-order valence-electron chi connectivity index (χ0n) is 9.61. The molecule has 0 atom stereocenters. The number of hydrogen-bond acceptors (Lipinski definition) is 5. The van der Waals surface area contributed by atoms with Crippen molar-refractivity contribution in [3.63, 3.8) is 0 Å². The minimum Gasteiger partial charge on any atom is -0.363 e. The van der Waals surface area contributed by atoms with Gasteiger partial charge in [-0.05, 0) is 12.1 Å². The van der Waals surface area contributed by atoms with Crippen molar-refractivity contribution in [2.24, 2.45) is 0 Å². The summed E-state index contributed by atoms with van der Waals surface area (Å²) in [5.41, 5.74) is -0.0243. The van der Waals surface area contributed by atoms with Gasteiger partial charge in [-0.15, -0.1) is 0 Å². The molecule has 94 valence electrons. The number of carbonyl (C=O) groups excluding carboxylic acids is 1. The Kier molecular flexibility index (Phi) is 2.57. The molecule has 3 heterocycles. The largest absolute Gasteiger partial charge is 0.363 e. The normalized spacial score (nSPS) is 10.5. The number of amides is 1. The Morgan fingerprint density at radius 3 is 3.00 bits per heavy atom. The predicted octanol–water partition coefficient (Wildman–Crippen LogP) is 0.935. The van der Waals surface area contributed by atoms with E-state index < -0.39 is 11.5 Å². The molecular formula is C12H8N4O3. The van der Waals surface area contributed by atoms with Crippen molar-refractivity contribution in [2.75, 3.05) is 5.32 Å². The van der Waals surface area contributed by atoms with E-state index >= 15 is 0 Å². The van der Waals surface area contributed by atoms with E-state index in [4.69, 9.17) is 0 Å². The van der Waals surface area contributed by atoms with Crippen molar-refractivity contribution in [2.45, 2.75) is 0 Å². The van der Waals surface area contributed by atoms with Gasteiger partial charge in [0.2, 0.25) is 0 Å². The van der Waals surface area contributed by atoms with Gasteiger partial charge in [0.25, 0.3) is 11.5 Å². The highest BCUT2D eigenvalue weighted by molar-refractivity contribution is 6.03. The van der Waals surface area contributed by atoms with Crippen LogP contribution in [0.2, 0.25) is 0 Å². The van der Waals surface area contributed by atoms with Crippen LogP contribution in [0.15, 0.2) is 52.2 Å². The Balaban J connectivity index is 2.03. The summed E-state index contributed by atoms with van der Waals surface area (Å²) in [5, 5.41) is 5.98. The minimum absolute atomic E-state index is 0.0632. The highest BCUT2D eigenvalue weighted by atomic mass is 16.5. The first-order chi connectivity index (χ1) is 9.25.